The third kappa shape index (κ3) is 3.47. The molecule has 0 aliphatic heterocycles. The van der Waals surface area contributed by atoms with Crippen LogP contribution in [0.4, 0.5) is 0 Å². The molecule has 4 nitrogen and oxygen atoms in total. The number of isocyanates is 1. The first kappa shape index (κ1) is 11.9. The molecule has 0 atom stereocenters. The average molecular weight is 246 g/mol. The standard InChI is InChI=1S/C9H8ClNO3S/c1-15(13,14)9-3-7(5-11-6-12)2-8(10)4-9/h2-4H,5H2,1H3. The normalized spacial score (nSPS) is 10.8. The van der Waals surface area contributed by atoms with Crippen molar-refractivity contribution in [2.75, 3.05) is 6.26 Å². The lowest BCUT2D eigenvalue weighted by atomic mass is 10.2. The molecule has 6 heteroatoms. The van der Waals surface area contributed by atoms with Gasteiger partial charge in [-0.05, 0) is 23.8 Å². The van der Waals surface area contributed by atoms with E-state index in [2.05, 4.69) is 4.99 Å². The maximum Gasteiger partial charge on any atom is 0.235 e. The molecule has 1 aromatic rings. The molecule has 0 amide bonds. The number of halogens is 1. The molecular formula is C9H8ClNO3S. The topological polar surface area (TPSA) is 63.6 Å². The second-order valence-electron chi connectivity index (χ2n) is 2.97. The fraction of sp³-hybridized carbons (Fsp3) is 0.222. The zero-order chi connectivity index (χ0) is 11.5. The van der Waals surface area contributed by atoms with Gasteiger partial charge >= 0.3 is 0 Å². The van der Waals surface area contributed by atoms with Crippen LogP contribution in [0.3, 0.4) is 0 Å². The van der Waals surface area contributed by atoms with Crippen LogP contribution in [0, 0.1) is 0 Å². The van der Waals surface area contributed by atoms with Gasteiger partial charge in [-0.2, -0.15) is 0 Å². The van der Waals surface area contributed by atoms with E-state index >= 15 is 0 Å². The van der Waals surface area contributed by atoms with Gasteiger partial charge in [0.05, 0.1) is 11.4 Å². The Hall–Kier alpha value is -1.16. The van der Waals surface area contributed by atoms with Crippen molar-refractivity contribution < 1.29 is 13.2 Å². The number of aliphatic imine (C=N–C) groups is 1. The predicted molar refractivity (Wildman–Crippen MR) is 56.4 cm³/mol. The van der Waals surface area contributed by atoms with E-state index in [1.165, 1.54) is 18.2 Å². The van der Waals surface area contributed by atoms with Crippen LogP contribution >= 0.6 is 11.6 Å². The summed E-state index contributed by atoms with van der Waals surface area (Å²) in [5.74, 6) is 0. The van der Waals surface area contributed by atoms with Gasteiger partial charge in [0.2, 0.25) is 6.08 Å². The highest BCUT2D eigenvalue weighted by Gasteiger charge is 2.09. The molecule has 0 fully saturated rings. The molecule has 0 bridgehead atoms. The maximum atomic E-state index is 11.2. The highest BCUT2D eigenvalue weighted by Crippen LogP contribution is 2.19. The molecule has 1 aromatic carbocycles. The lowest BCUT2D eigenvalue weighted by Crippen LogP contribution is -1.98. The van der Waals surface area contributed by atoms with Crippen molar-refractivity contribution in [2.24, 2.45) is 4.99 Å². The summed E-state index contributed by atoms with van der Waals surface area (Å²) in [6.07, 6.45) is 2.47. The van der Waals surface area contributed by atoms with Crippen LogP contribution in [0.15, 0.2) is 28.1 Å². The van der Waals surface area contributed by atoms with Crippen molar-refractivity contribution >= 4 is 27.5 Å². The van der Waals surface area contributed by atoms with Crippen molar-refractivity contribution in [2.45, 2.75) is 11.4 Å². The maximum absolute atomic E-state index is 11.2. The molecule has 0 spiro atoms. The molecule has 1 rings (SSSR count). The van der Waals surface area contributed by atoms with Crippen molar-refractivity contribution in [1.82, 2.24) is 0 Å². The highest BCUT2D eigenvalue weighted by molar-refractivity contribution is 7.90. The second-order valence-corrected chi connectivity index (χ2v) is 5.43. The molecule has 0 saturated carbocycles. The van der Waals surface area contributed by atoms with Gasteiger partial charge < -0.3 is 0 Å². The van der Waals surface area contributed by atoms with Gasteiger partial charge in [0.25, 0.3) is 0 Å². The number of benzene rings is 1. The largest absolute Gasteiger partial charge is 0.235 e. The minimum absolute atomic E-state index is 0.0760. The minimum Gasteiger partial charge on any atom is -0.224 e. The van der Waals surface area contributed by atoms with Gasteiger partial charge in [-0.3, -0.25) is 0 Å². The number of hydrogen-bond donors (Lipinski definition) is 0. The monoisotopic (exact) mass is 245 g/mol. The smallest absolute Gasteiger partial charge is 0.224 e. The van der Waals surface area contributed by atoms with Crippen LogP contribution in [0.5, 0.6) is 0 Å². The van der Waals surface area contributed by atoms with Crippen LogP contribution in [0.2, 0.25) is 5.02 Å². The zero-order valence-electron chi connectivity index (χ0n) is 7.90. The molecule has 0 radical (unpaired) electrons. The van der Waals surface area contributed by atoms with Crippen LogP contribution in [-0.2, 0) is 21.2 Å². The van der Waals surface area contributed by atoms with Gasteiger partial charge in [0.15, 0.2) is 9.84 Å². The van der Waals surface area contributed by atoms with Crippen molar-refractivity contribution in [3.05, 3.63) is 28.8 Å². The van der Waals surface area contributed by atoms with E-state index in [0.717, 1.165) is 6.26 Å². The molecule has 15 heavy (non-hydrogen) atoms. The summed E-state index contributed by atoms with van der Waals surface area (Å²) in [5, 5.41) is 0.300. The fourth-order valence-corrected chi connectivity index (χ4v) is 2.08. The summed E-state index contributed by atoms with van der Waals surface area (Å²) in [5.41, 5.74) is 0.561. The second kappa shape index (κ2) is 4.57. The Balaban J connectivity index is 3.22. The quantitative estimate of drug-likeness (QED) is 0.600. The summed E-state index contributed by atoms with van der Waals surface area (Å²) in [6, 6.07) is 4.34. The first-order valence-electron chi connectivity index (χ1n) is 3.96. The van der Waals surface area contributed by atoms with E-state index in [-0.39, 0.29) is 11.4 Å². The van der Waals surface area contributed by atoms with Crippen LogP contribution in [-0.4, -0.2) is 20.8 Å². The van der Waals surface area contributed by atoms with Crippen LogP contribution in [0.1, 0.15) is 5.56 Å². The van der Waals surface area contributed by atoms with E-state index in [1.54, 1.807) is 6.07 Å². The Bertz CT molecular complexity index is 518. The Morgan fingerprint density at radius 3 is 2.60 bits per heavy atom. The SMILES string of the molecule is CS(=O)(=O)c1cc(Cl)cc(CN=C=O)c1. The van der Waals surface area contributed by atoms with Gasteiger partial charge in [-0.15, -0.1) is 0 Å². The summed E-state index contributed by atoms with van der Waals surface area (Å²) in [4.78, 5) is 13.4. The van der Waals surface area contributed by atoms with E-state index in [9.17, 15) is 13.2 Å². The Morgan fingerprint density at radius 1 is 1.40 bits per heavy atom. The molecule has 0 saturated heterocycles. The third-order valence-corrected chi connectivity index (χ3v) is 3.00. The minimum atomic E-state index is -3.30. The van der Waals surface area contributed by atoms with E-state index < -0.39 is 9.84 Å². The summed E-state index contributed by atoms with van der Waals surface area (Å²) < 4.78 is 22.5. The highest BCUT2D eigenvalue weighted by atomic mass is 35.5. The number of rotatable bonds is 3. The van der Waals surface area contributed by atoms with E-state index in [0.29, 0.717) is 10.6 Å². The zero-order valence-corrected chi connectivity index (χ0v) is 9.47. The Labute approximate surface area is 92.5 Å². The Morgan fingerprint density at radius 2 is 2.07 bits per heavy atom. The average Bonchev–Trinajstić information content (AvgIpc) is 2.12. The molecule has 0 N–H and O–H groups in total. The molecular weight excluding hydrogens is 238 g/mol. The van der Waals surface area contributed by atoms with Crippen molar-refractivity contribution in [3.8, 4) is 0 Å². The lowest BCUT2D eigenvalue weighted by molar-refractivity contribution is 0.563. The fourth-order valence-electron chi connectivity index (χ4n) is 1.05. The molecule has 80 valence electrons. The molecule has 0 aliphatic rings. The number of nitrogens with zero attached hydrogens (tertiary/aromatic N) is 1. The molecule has 0 heterocycles. The van der Waals surface area contributed by atoms with Gasteiger partial charge in [0, 0.05) is 11.3 Å². The summed E-state index contributed by atoms with van der Waals surface area (Å²) in [6.45, 7) is 0.0760. The van der Waals surface area contributed by atoms with E-state index in [1.807, 2.05) is 0 Å². The molecule has 0 aliphatic carbocycles. The van der Waals surface area contributed by atoms with Crippen molar-refractivity contribution in [3.63, 3.8) is 0 Å². The van der Waals surface area contributed by atoms with Gasteiger partial charge in [0.1, 0.15) is 0 Å². The van der Waals surface area contributed by atoms with Crippen molar-refractivity contribution in [1.29, 1.82) is 0 Å². The first-order valence-corrected chi connectivity index (χ1v) is 6.23. The van der Waals surface area contributed by atoms with Gasteiger partial charge in [-0.25, -0.2) is 18.2 Å². The Kier molecular flexibility index (Phi) is 3.63. The summed E-state index contributed by atoms with van der Waals surface area (Å²) >= 11 is 5.73. The third-order valence-electron chi connectivity index (χ3n) is 1.69. The van der Waals surface area contributed by atoms with E-state index in [4.69, 9.17) is 11.6 Å². The summed E-state index contributed by atoms with van der Waals surface area (Å²) in [7, 11) is -3.30. The molecule has 0 unspecified atom stereocenters. The number of sulfone groups is 1. The van der Waals surface area contributed by atoms with Crippen LogP contribution < -0.4 is 0 Å². The molecule has 0 aromatic heterocycles. The number of hydrogen-bond acceptors (Lipinski definition) is 4. The van der Waals surface area contributed by atoms with Crippen LogP contribution in [0.25, 0.3) is 0 Å². The number of carbonyl (C=O) groups excluding carboxylic acids is 1. The lowest BCUT2D eigenvalue weighted by Gasteiger charge is -2.02. The first-order chi connectivity index (χ1) is 6.93. The van der Waals surface area contributed by atoms with Gasteiger partial charge in [-0.1, -0.05) is 11.6 Å². The predicted octanol–water partition coefficient (Wildman–Crippen LogP) is 1.58.